The third-order valence-electron chi connectivity index (χ3n) is 5.20. The molecule has 0 atom stereocenters. The zero-order chi connectivity index (χ0) is 20.1. The molecule has 0 spiro atoms. The van der Waals surface area contributed by atoms with Crippen LogP contribution < -0.4 is 15.0 Å². The number of fused-ring (bicyclic) bond motifs is 1. The van der Waals surface area contributed by atoms with Crippen LogP contribution in [0.25, 0.3) is 0 Å². The lowest BCUT2D eigenvalue weighted by Gasteiger charge is -2.29. The van der Waals surface area contributed by atoms with Crippen LogP contribution in [0.15, 0.2) is 60.9 Å². The van der Waals surface area contributed by atoms with Crippen LogP contribution in [0, 0.1) is 0 Å². The van der Waals surface area contributed by atoms with E-state index in [4.69, 9.17) is 4.74 Å². The lowest BCUT2D eigenvalue weighted by molar-refractivity contribution is 0.0949. The number of aromatic nitrogens is 2. The van der Waals surface area contributed by atoms with Crippen molar-refractivity contribution in [1.29, 1.82) is 0 Å². The molecule has 6 nitrogen and oxygen atoms in total. The topological polar surface area (TPSA) is 67.3 Å². The number of anilines is 1. The number of carbonyl (C=O) groups excluding carboxylic acids is 1. The molecule has 0 unspecified atom stereocenters. The van der Waals surface area contributed by atoms with Gasteiger partial charge >= 0.3 is 0 Å². The predicted octanol–water partition coefficient (Wildman–Crippen LogP) is 3.02. The van der Waals surface area contributed by atoms with Gasteiger partial charge < -0.3 is 15.0 Å². The molecule has 1 N–H and O–H groups in total. The number of hydrogen-bond donors (Lipinski definition) is 1. The fraction of sp³-hybridized carbons (Fsp3) is 0.261. The molecule has 0 saturated carbocycles. The molecule has 2 heterocycles. The van der Waals surface area contributed by atoms with Gasteiger partial charge in [0.1, 0.15) is 23.6 Å². The Morgan fingerprint density at radius 3 is 2.69 bits per heavy atom. The molecular weight excluding hydrogens is 364 g/mol. The number of nitrogens with zero attached hydrogens (tertiary/aromatic N) is 3. The SMILES string of the molecule is COc1ccc(CCNC(=O)c2cc(N3CCc4ccccc4C3)ncn2)cc1. The van der Waals surface area contributed by atoms with Crippen LogP contribution in [0.2, 0.25) is 0 Å². The minimum absolute atomic E-state index is 0.181. The van der Waals surface area contributed by atoms with Crippen LogP contribution in [0.1, 0.15) is 27.2 Å². The second kappa shape index (κ2) is 8.73. The minimum atomic E-state index is -0.181. The van der Waals surface area contributed by atoms with Crippen molar-refractivity contribution in [3.63, 3.8) is 0 Å². The van der Waals surface area contributed by atoms with Crippen molar-refractivity contribution in [2.24, 2.45) is 0 Å². The van der Waals surface area contributed by atoms with Crippen molar-refractivity contribution in [3.05, 3.63) is 83.3 Å². The quantitative estimate of drug-likeness (QED) is 0.703. The normalized spacial score (nSPS) is 12.9. The first-order valence-electron chi connectivity index (χ1n) is 9.78. The molecule has 0 fully saturated rings. The Hall–Kier alpha value is -3.41. The van der Waals surface area contributed by atoms with E-state index in [0.717, 1.165) is 43.1 Å². The summed E-state index contributed by atoms with van der Waals surface area (Å²) in [6, 6.07) is 18.1. The Morgan fingerprint density at radius 2 is 1.90 bits per heavy atom. The summed E-state index contributed by atoms with van der Waals surface area (Å²) >= 11 is 0. The molecule has 1 aliphatic heterocycles. The Labute approximate surface area is 170 Å². The molecule has 1 aliphatic rings. The Morgan fingerprint density at radius 1 is 1.10 bits per heavy atom. The summed E-state index contributed by atoms with van der Waals surface area (Å²) in [5.41, 5.74) is 4.22. The maximum Gasteiger partial charge on any atom is 0.270 e. The molecule has 148 valence electrons. The van der Waals surface area contributed by atoms with E-state index in [2.05, 4.69) is 44.5 Å². The summed E-state index contributed by atoms with van der Waals surface area (Å²) in [5.74, 6) is 1.43. The number of nitrogens with one attached hydrogen (secondary N) is 1. The highest BCUT2D eigenvalue weighted by molar-refractivity contribution is 5.92. The van der Waals surface area contributed by atoms with Crippen molar-refractivity contribution < 1.29 is 9.53 Å². The highest BCUT2D eigenvalue weighted by atomic mass is 16.5. The second-order valence-electron chi connectivity index (χ2n) is 7.06. The number of amides is 1. The van der Waals surface area contributed by atoms with Gasteiger partial charge in [-0.2, -0.15) is 0 Å². The van der Waals surface area contributed by atoms with Gasteiger partial charge in [0.25, 0.3) is 5.91 Å². The van der Waals surface area contributed by atoms with E-state index < -0.39 is 0 Å². The van der Waals surface area contributed by atoms with Crippen LogP contribution in [0.5, 0.6) is 5.75 Å². The lowest BCUT2D eigenvalue weighted by atomic mass is 10.00. The van der Waals surface area contributed by atoms with Gasteiger partial charge in [-0.3, -0.25) is 4.79 Å². The molecule has 0 saturated heterocycles. The zero-order valence-corrected chi connectivity index (χ0v) is 16.5. The average Bonchev–Trinajstić information content (AvgIpc) is 2.79. The number of carbonyl (C=O) groups is 1. The van der Waals surface area contributed by atoms with Gasteiger partial charge in [0.05, 0.1) is 7.11 Å². The summed E-state index contributed by atoms with van der Waals surface area (Å²) in [6.45, 7) is 2.22. The molecular formula is C23H24N4O2. The van der Waals surface area contributed by atoms with Gasteiger partial charge in [-0.1, -0.05) is 36.4 Å². The van der Waals surface area contributed by atoms with Crippen molar-refractivity contribution in [2.45, 2.75) is 19.4 Å². The largest absolute Gasteiger partial charge is 0.497 e. The molecule has 29 heavy (non-hydrogen) atoms. The van der Waals surface area contributed by atoms with Gasteiger partial charge in [-0.05, 0) is 41.7 Å². The van der Waals surface area contributed by atoms with Gasteiger partial charge in [0.15, 0.2) is 0 Å². The number of hydrogen-bond acceptors (Lipinski definition) is 5. The van der Waals surface area contributed by atoms with E-state index in [9.17, 15) is 4.79 Å². The van der Waals surface area contributed by atoms with E-state index in [1.54, 1.807) is 13.2 Å². The van der Waals surface area contributed by atoms with Crippen LogP contribution in [0.3, 0.4) is 0 Å². The second-order valence-corrected chi connectivity index (χ2v) is 7.06. The Balaban J connectivity index is 1.36. The first kappa shape index (κ1) is 18.9. The highest BCUT2D eigenvalue weighted by Gasteiger charge is 2.18. The van der Waals surface area contributed by atoms with E-state index in [1.165, 1.54) is 17.5 Å². The summed E-state index contributed by atoms with van der Waals surface area (Å²) < 4.78 is 5.16. The van der Waals surface area contributed by atoms with Crippen LogP contribution in [-0.2, 0) is 19.4 Å². The molecule has 0 bridgehead atoms. The first-order valence-corrected chi connectivity index (χ1v) is 9.78. The van der Waals surface area contributed by atoms with Crippen LogP contribution in [0.4, 0.5) is 5.82 Å². The van der Waals surface area contributed by atoms with Crippen molar-refractivity contribution in [3.8, 4) is 5.75 Å². The summed E-state index contributed by atoms with van der Waals surface area (Å²) in [5, 5.41) is 2.94. The highest BCUT2D eigenvalue weighted by Crippen LogP contribution is 2.23. The zero-order valence-electron chi connectivity index (χ0n) is 16.5. The van der Waals surface area contributed by atoms with Gasteiger partial charge in [0.2, 0.25) is 0 Å². The van der Waals surface area contributed by atoms with E-state index in [-0.39, 0.29) is 5.91 Å². The first-order chi connectivity index (χ1) is 14.2. The summed E-state index contributed by atoms with van der Waals surface area (Å²) in [6.07, 6.45) is 3.19. The maximum absolute atomic E-state index is 12.5. The average molecular weight is 388 g/mol. The fourth-order valence-electron chi connectivity index (χ4n) is 3.54. The van der Waals surface area contributed by atoms with E-state index in [1.807, 2.05) is 24.3 Å². The predicted molar refractivity (Wildman–Crippen MR) is 112 cm³/mol. The molecule has 0 aliphatic carbocycles. The number of benzene rings is 2. The number of methoxy groups -OCH3 is 1. The van der Waals surface area contributed by atoms with Crippen LogP contribution in [-0.4, -0.2) is 36.1 Å². The Kier molecular flexibility index (Phi) is 5.70. The molecule has 6 heteroatoms. The summed E-state index contributed by atoms with van der Waals surface area (Å²) in [7, 11) is 1.65. The minimum Gasteiger partial charge on any atom is -0.497 e. The molecule has 1 aromatic heterocycles. The van der Waals surface area contributed by atoms with Gasteiger partial charge in [-0.15, -0.1) is 0 Å². The Bertz CT molecular complexity index is 988. The van der Waals surface area contributed by atoms with Crippen molar-refractivity contribution >= 4 is 11.7 Å². The molecule has 0 radical (unpaired) electrons. The fourth-order valence-corrected chi connectivity index (χ4v) is 3.54. The number of rotatable bonds is 6. The van der Waals surface area contributed by atoms with E-state index in [0.29, 0.717) is 12.2 Å². The number of ether oxygens (including phenoxy) is 1. The van der Waals surface area contributed by atoms with Gasteiger partial charge in [0, 0.05) is 25.7 Å². The van der Waals surface area contributed by atoms with Crippen molar-refractivity contribution in [1.82, 2.24) is 15.3 Å². The summed E-state index contributed by atoms with van der Waals surface area (Å²) in [4.78, 5) is 23.3. The standard InChI is InChI=1S/C23H24N4O2/c1-29-20-8-6-17(7-9-20)10-12-24-23(28)21-14-22(26-16-25-21)27-13-11-18-4-2-3-5-19(18)15-27/h2-9,14,16H,10-13,15H2,1H3,(H,24,28). The molecule has 4 rings (SSSR count). The monoisotopic (exact) mass is 388 g/mol. The third kappa shape index (κ3) is 4.54. The van der Waals surface area contributed by atoms with Gasteiger partial charge in [-0.25, -0.2) is 9.97 Å². The van der Waals surface area contributed by atoms with Crippen LogP contribution >= 0.6 is 0 Å². The third-order valence-corrected chi connectivity index (χ3v) is 5.20. The maximum atomic E-state index is 12.5. The molecule has 1 amide bonds. The smallest absolute Gasteiger partial charge is 0.270 e. The lowest BCUT2D eigenvalue weighted by Crippen LogP contribution is -2.32. The molecule has 3 aromatic rings. The molecule has 2 aromatic carbocycles. The van der Waals surface area contributed by atoms with E-state index >= 15 is 0 Å². The van der Waals surface area contributed by atoms with Crippen molar-refractivity contribution in [2.75, 3.05) is 25.1 Å².